The fraction of sp³-hybridized carbons (Fsp3) is 0.0870. The molecule has 5 rings (SSSR count). The standard InChI is InChI=1S/C23H15N3O3/c1-13-2-6-19-20(8-13)26-22(25-19)15(11-24)10-17-4-7-21(29-17)14-3-5-18-16(9-14)12-28-23(18)27/h2-10H,12H2,1H3,(H,25,26)/b15-10-. The van der Waals surface area contributed by atoms with Gasteiger partial charge in [0.25, 0.3) is 0 Å². The fourth-order valence-electron chi connectivity index (χ4n) is 3.42. The third-order valence-corrected chi connectivity index (χ3v) is 4.89. The number of esters is 1. The molecular weight excluding hydrogens is 366 g/mol. The van der Waals surface area contributed by atoms with Crippen LogP contribution in [-0.4, -0.2) is 15.9 Å². The molecule has 1 aliphatic rings. The van der Waals surface area contributed by atoms with E-state index in [0.29, 0.717) is 28.5 Å². The van der Waals surface area contributed by atoms with Gasteiger partial charge in [0.2, 0.25) is 0 Å². The number of fused-ring (bicyclic) bond motifs is 2. The summed E-state index contributed by atoms with van der Waals surface area (Å²) in [4.78, 5) is 19.3. The Hall–Kier alpha value is -4.11. The molecule has 29 heavy (non-hydrogen) atoms. The van der Waals surface area contributed by atoms with E-state index in [9.17, 15) is 10.1 Å². The highest BCUT2D eigenvalue weighted by Gasteiger charge is 2.21. The van der Waals surface area contributed by atoms with Gasteiger partial charge in [0.1, 0.15) is 30.0 Å². The lowest BCUT2D eigenvalue weighted by Crippen LogP contribution is -1.92. The summed E-state index contributed by atoms with van der Waals surface area (Å²) in [5.74, 6) is 1.39. The number of H-pyrrole nitrogens is 1. The van der Waals surface area contributed by atoms with Gasteiger partial charge in [0.05, 0.1) is 22.2 Å². The summed E-state index contributed by atoms with van der Waals surface area (Å²) in [6, 6.07) is 17.2. The van der Waals surface area contributed by atoms with Crippen LogP contribution in [0.5, 0.6) is 0 Å². The Bertz CT molecular complexity index is 1350. The number of rotatable bonds is 3. The summed E-state index contributed by atoms with van der Waals surface area (Å²) in [7, 11) is 0. The van der Waals surface area contributed by atoms with E-state index in [2.05, 4.69) is 16.0 Å². The second-order valence-corrected chi connectivity index (χ2v) is 6.93. The topological polar surface area (TPSA) is 91.9 Å². The van der Waals surface area contributed by atoms with Crippen molar-refractivity contribution in [2.45, 2.75) is 13.5 Å². The van der Waals surface area contributed by atoms with Gasteiger partial charge in [-0.2, -0.15) is 5.26 Å². The monoisotopic (exact) mass is 381 g/mol. The number of aromatic nitrogens is 2. The molecule has 0 saturated carbocycles. The molecule has 0 aliphatic carbocycles. The lowest BCUT2D eigenvalue weighted by molar-refractivity contribution is 0.0535. The molecule has 0 atom stereocenters. The molecule has 2 aromatic heterocycles. The van der Waals surface area contributed by atoms with E-state index in [-0.39, 0.29) is 12.6 Å². The van der Waals surface area contributed by atoms with Crippen molar-refractivity contribution in [2.24, 2.45) is 0 Å². The number of imidazole rings is 1. The van der Waals surface area contributed by atoms with E-state index in [4.69, 9.17) is 9.15 Å². The van der Waals surface area contributed by atoms with Crippen LogP contribution in [0.25, 0.3) is 34.0 Å². The van der Waals surface area contributed by atoms with Crippen molar-refractivity contribution < 1.29 is 13.9 Å². The number of nitrogens with zero attached hydrogens (tertiary/aromatic N) is 2. The van der Waals surface area contributed by atoms with Crippen molar-refractivity contribution in [3.63, 3.8) is 0 Å². The zero-order chi connectivity index (χ0) is 20.0. The maximum absolute atomic E-state index is 11.6. The normalized spacial score (nSPS) is 13.4. The van der Waals surface area contributed by atoms with Crippen LogP contribution >= 0.6 is 0 Å². The molecule has 0 spiro atoms. The number of benzene rings is 2. The molecule has 0 radical (unpaired) electrons. The summed E-state index contributed by atoms with van der Waals surface area (Å²) in [5, 5.41) is 9.61. The van der Waals surface area contributed by atoms with Crippen LogP contribution in [-0.2, 0) is 11.3 Å². The lowest BCUT2D eigenvalue weighted by Gasteiger charge is -1.99. The van der Waals surface area contributed by atoms with Gasteiger partial charge in [-0.3, -0.25) is 0 Å². The number of carbonyl (C=O) groups is 1. The highest BCUT2D eigenvalue weighted by Crippen LogP contribution is 2.29. The van der Waals surface area contributed by atoms with Gasteiger partial charge >= 0.3 is 5.97 Å². The van der Waals surface area contributed by atoms with Crippen LogP contribution in [0.15, 0.2) is 52.9 Å². The molecule has 0 bridgehead atoms. The number of aromatic amines is 1. The van der Waals surface area contributed by atoms with Gasteiger partial charge in [0, 0.05) is 17.2 Å². The van der Waals surface area contributed by atoms with Crippen LogP contribution in [0.4, 0.5) is 0 Å². The number of cyclic esters (lactones) is 1. The second kappa shape index (κ2) is 6.50. The molecule has 2 aromatic carbocycles. The van der Waals surface area contributed by atoms with E-state index in [1.54, 1.807) is 18.2 Å². The molecule has 0 unspecified atom stereocenters. The summed E-state index contributed by atoms with van der Waals surface area (Å²) >= 11 is 0. The van der Waals surface area contributed by atoms with E-state index in [1.807, 2.05) is 43.3 Å². The van der Waals surface area contributed by atoms with E-state index >= 15 is 0 Å². The lowest BCUT2D eigenvalue weighted by atomic mass is 10.0. The molecule has 1 N–H and O–H groups in total. The largest absolute Gasteiger partial charge is 0.457 e. The first kappa shape index (κ1) is 17.0. The first-order valence-electron chi connectivity index (χ1n) is 9.09. The molecule has 0 saturated heterocycles. The second-order valence-electron chi connectivity index (χ2n) is 6.93. The maximum Gasteiger partial charge on any atom is 0.338 e. The van der Waals surface area contributed by atoms with E-state index in [0.717, 1.165) is 27.7 Å². The average molecular weight is 381 g/mol. The van der Waals surface area contributed by atoms with Crippen LogP contribution in [0, 0.1) is 18.3 Å². The Labute approximate surface area is 166 Å². The highest BCUT2D eigenvalue weighted by molar-refractivity contribution is 5.94. The first-order valence-corrected chi connectivity index (χ1v) is 9.09. The fourth-order valence-corrected chi connectivity index (χ4v) is 3.42. The summed E-state index contributed by atoms with van der Waals surface area (Å²) in [6.45, 7) is 2.28. The molecule has 3 heterocycles. The first-order chi connectivity index (χ1) is 14.1. The average Bonchev–Trinajstić information content (AvgIpc) is 3.44. The molecular formula is C23H15N3O3. The van der Waals surface area contributed by atoms with Gasteiger partial charge in [-0.25, -0.2) is 9.78 Å². The number of hydrogen-bond donors (Lipinski definition) is 1. The minimum Gasteiger partial charge on any atom is -0.457 e. The number of allylic oxidation sites excluding steroid dienone is 1. The predicted octanol–water partition coefficient (Wildman–Crippen LogP) is 4.87. The molecule has 6 heteroatoms. The zero-order valence-corrected chi connectivity index (χ0v) is 15.5. The predicted molar refractivity (Wildman–Crippen MR) is 108 cm³/mol. The van der Waals surface area contributed by atoms with Crippen molar-refractivity contribution in [2.75, 3.05) is 0 Å². The van der Waals surface area contributed by atoms with Crippen LogP contribution < -0.4 is 0 Å². The third-order valence-electron chi connectivity index (χ3n) is 4.89. The third kappa shape index (κ3) is 2.99. The number of carbonyl (C=O) groups excluding carboxylic acids is 1. The molecule has 0 amide bonds. The number of aryl methyl sites for hydroxylation is 1. The summed E-state index contributed by atoms with van der Waals surface area (Å²) < 4.78 is 11.0. The van der Waals surface area contributed by atoms with Crippen molar-refractivity contribution in [3.05, 3.63) is 76.8 Å². The van der Waals surface area contributed by atoms with Gasteiger partial charge in [-0.05, 0) is 48.9 Å². The number of nitrogens with one attached hydrogen (secondary N) is 1. The number of nitriles is 1. The van der Waals surface area contributed by atoms with Crippen LogP contribution in [0.2, 0.25) is 0 Å². The van der Waals surface area contributed by atoms with Crippen LogP contribution in [0.1, 0.15) is 33.1 Å². The molecule has 1 aliphatic heterocycles. The van der Waals surface area contributed by atoms with Crippen LogP contribution in [0.3, 0.4) is 0 Å². The Morgan fingerprint density at radius 3 is 2.97 bits per heavy atom. The van der Waals surface area contributed by atoms with Crippen molar-refractivity contribution >= 4 is 28.7 Å². The number of ether oxygens (including phenoxy) is 1. The zero-order valence-electron chi connectivity index (χ0n) is 15.5. The Morgan fingerprint density at radius 1 is 1.21 bits per heavy atom. The summed E-state index contributed by atoms with van der Waals surface area (Å²) in [5.41, 5.74) is 5.47. The maximum atomic E-state index is 11.6. The Morgan fingerprint density at radius 2 is 2.10 bits per heavy atom. The van der Waals surface area contributed by atoms with Gasteiger partial charge in [-0.1, -0.05) is 12.1 Å². The molecule has 4 aromatic rings. The van der Waals surface area contributed by atoms with Gasteiger partial charge in [-0.15, -0.1) is 0 Å². The Kier molecular flexibility index (Phi) is 3.81. The quantitative estimate of drug-likeness (QED) is 0.404. The minimum absolute atomic E-state index is 0.277. The Balaban J connectivity index is 1.48. The molecule has 0 fully saturated rings. The SMILES string of the molecule is Cc1ccc2nc(/C(C#N)=C\c3ccc(-c4ccc5c(c4)COC5=O)o3)[nH]c2c1. The van der Waals surface area contributed by atoms with Crippen molar-refractivity contribution in [3.8, 4) is 17.4 Å². The van der Waals surface area contributed by atoms with Crippen molar-refractivity contribution in [1.82, 2.24) is 9.97 Å². The summed E-state index contributed by atoms with van der Waals surface area (Å²) in [6.07, 6.45) is 1.66. The van der Waals surface area contributed by atoms with Gasteiger partial charge in [0.15, 0.2) is 0 Å². The minimum atomic E-state index is -0.297. The van der Waals surface area contributed by atoms with E-state index in [1.165, 1.54) is 0 Å². The van der Waals surface area contributed by atoms with Gasteiger partial charge < -0.3 is 14.1 Å². The number of furan rings is 1. The molecule has 140 valence electrons. The number of hydrogen-bond acceptors (Lipinski definition) is 5. The smallest absolute Gasteiger partial charge is 0.338 e. The van der Waals surface area contributed by atoms with Crippen molar-refractivity contribution in [1.29, 1.82) is 5.26 Å². The van der Waals surface area contributed by atoms with E-state index < -0.39 is 0 Å². The highest BCUT2D eigenvalue weighted by atomic mass is 16.5. The molecule has 6 nitrogen and oxygen atoms in total.